The molecule has 1 heterocycles. The third-order valence-corrected chi connectivity index (χ3v) is 5.62. The number of likely N-dealkylation sites (tertiary alicyclic amines) is 1. The van der Waals surface area contributed by atoms with Crippen LogP contribution in [0, 0.1) is 5.82 Å². The van der Waals surface area contributed by atoms with Gasteiger partial charge in [-0.3, -0.25) is 4.79 Å². The van der Waals surface area contributed by atoms with Gasteiger partial charge in [0, 0.05) is 32.2 Å². The Morgan fingerprint density at radius 2 is 1.76 bits per heavy atom. The van der Waals surface area contributed by atoms with Crippen molar-refractivity contribution < 1.29 is 14.3 Å². The van der Waals surface area contributed by atoms with Crippen molar-refractivity contribution in [1.82, 2.24) is 9.80 Å². The lowest BCUT2D eigenvalue weighted by Crippen LogP contribution is -2.48. The van der Waals surface area contributed by atoms with Gasteiger partial charge in [-0.1, -0.05) is 49.4 Å². The molecule has 0 aliphatic carbocycles. The average molecular weight is 421 g/mol. The number of nitrogens with zero attached hydrogens (tertiary/aromatic N) is 2. The number of carbonyl (C=O) groups excluding carboxylic acids is 1. The highest BCUT2D eigenvalue weighted by atomic mass is 35.5. The maximum Gasteiger partial charge on any atom is 0.248 e. The van der Waals surface area contributed by atoms with Crippen LogP contribution >= 0.6 is 12.4 Å². The first-order valence-corrected chi connectivity index (χ1v) is 9.99. The van der Waals surface area contributed by atoms with Gasteiger partial charge in [-0.05, 0) is 42.0 Å². The average Bonchev–Trinajstić information content (AvgIpc) is 2.74. The molecule has 1 aliphatic heterocycles. The first kappa shape index (κ1) is 23.3. The number of hydrogen-bond donors (Lipinski definition) is 1. The number of halogens is 2. The van der Waals surface area contributed by atoms with E-state index in [1.54, 1.807) is 17.0 Å². The molecule has 1 unspecified atom stereocenters. The molecule has 29 heavy (non-hydrogen) atoms. The molecule has 158 valence electrons. The molecule has 2 aromatic rings. The smallest absolute Gasteiger partial charge is 0.248 e. The minimum Gasteiger partial charge on any atom is -0.387 e. The molecule has 3 rings (SSSR count). The molecule has 0 saturated carbocycles. The van der Waals surface area contributed by atoms with Crippen molar-refractivity contribution in [3.63, 3.8) is 0 Å². The van der Waals surface area contributed by atoms with Gasteiger partial charge in [0.05, 0.1) is 0 Å². The maximum absolute atomic E-state index is 13.1. The Kier molecular flexibility index (Phi) is 9.08. The maximum atomic E-state index is 13.1. The summed E-state index contributed by atoms with van der Waals surface area (Å²) in [6, 6.07) is 16.8. The molecule has 1 atom stereocenters. The Labute approximate surface area is 178 Å². The van der Waals surface area contributed by atoms with Crippen LogP contribution in [0.2, 0.25) is 0 Å². The largest absolute Gasteiger partial charge is 0.387 e. The molecule has 1 saturated heterocycles. The predicted octanol–water partition coefficient (Wildman–Crippen LogP) is 3.84. The van der Waals surface area contributed by atoms with Crippen LogP contribution in [0.1, 0.15) is 36.8 Å². The SMILES string of the molecule is CC(CN1CCC(N(Cc2ccc(F)cc2)C(=O)CO)CC1)c1ccccc1.Cl. The normalized spacial score (nSPS) is 16.1. The van der Waals surface area contributed by atoms with Crippen molar-refractivity contribution in [2.75, 3.05) is 26.2 Å². The van der Waals surface area contributed by atoms with E-state index in [1.165, 1.54) is 17.7 Å². The Hall–Kier alpha value is -1.95. The molecule has 1 N–H and O–H groups in total. The van der Waals surface area contributed by atoms with Crippen LogP contribution in [0.3, 0.4) is 0 Å². The summed E-state index contributed by atoms with van der Waals surface area (Å²) < 4.78 is 13.1. The molecule has 1 aliphatic rings. The van der Waals surface area contributed by atoms with Gasteiger partial charge < -0.3 is 14.9 Å². The summed E-state index contributed by atoms with van der Waals surface area (Å²) in [5.74, 6) is -0.0859. The summed E-state index contributed by atoms with van der Waals surface area (Å²) in [6.07, 6.45) is 1.77. The van der Waals surface area contributed by atoms with E-state index in [4.69, 9.17) is 0 Å². The zero-order chi connectivity index (χ0) is 19.9. The fourth-order valence-corrected chi connectivity index (χ4v) is 3.99. The predicted molar refractivity (Wildman–Crippen MR) is 116 cm³/mol. The lowest BCUT2D eigenvalue weighted by atomic mass is 9.97. The molecule has 0 aromatic heterocycles. The van der Waals surface area contributed by atoms with E-state index < -0.39 is 6.61 Å². The van der Waals surface area contributed by atoms with Crippen molar-refractivity contribution in [3.8, 4) is 0 Å². The van der Waals surface area contributed by atoms with Crippen molar-refractivity contribution in [2.24, 2.45) is 0 Å². The number of rotatable bonds is 7. The van der Waals surface area contributed by atoms with E-state index in [0.717, 1.165) is 38.0 Å². The second-order valence-corrected chi connectivity index (χ2v) is 7.65. The third kappa shape index (κ3) is 6.53. The Morgan fingerprint density at radius 1 is 1.14 bits per heavy atom. The van der Waals surface area contributed by atoms with Crippen molar-refractivity contribution in [3.05, 3.63) is 71.5 Å². The monoisotopic (exact) mass is 420 g/mol. The Balaban J connectivity index is 0.00000300. The van der Waals surface area contributed by atoms with Gasteiger partial charge in [-0.2, -0.15) is 0 Å². The van der Waals surface area contributed by atoms with Gasteiger partial charge in [0.15, 0.2) is 0 Å². The zero-order valence-corrected chi connectivity index (χ0v) is 17.7. The van der Waals surface area contributed by atoms with Crippen LogP contribution in [-0.2, 0) is 11.3 Å². The second-order valence-electron chi connectivity index (χ2n) is 7.65. The molecule has 1 fully saturated rings. The van der Waals surface area contributed by atoms with Crippen molar-refractivity contribution in [1.29, 1.82) is 0 Å². The van der Waals surface area contributed by atoms with Gasteiger partial charge in [-0.25, -0.2) is 4.39 Å². The van der Waals surface area contributed by atoms with Crippen LogP contribution in [0.25, 0.3) is 0 Å². The third-order valence-electron chi connectivity index (χ3n) is 5.62. The van der Waals surface area contributed by atoms with Gasteiger partial charge in [0.25, 0.3) is 0 Å². The minimum atomic E-state index is -0.494. The summed E-state index contributed by atoms with van der Waals surface area (Å²) in [7, 11) is 0. The van der Waals surface area contributed by atoms with E-state index in [0.29, 0.717) is 12.5 Å². The van der Waals surface area contributed by atoms with Crippen molar-refractivity contribution >= 4 is 18.3 Å². The second kappa shape index (κ2) is 11.3. The lowest BCUT2D eigenvalue weighted by molar-refractivity contribution is -0.138. The number of amides is 1. The van der Waals surface area contributed by atoms with E-state index >= 15 is 0 Å². The number of hydrogen-bond acceptors (Lipinski definition) is 3. The molecule has 2 aromatic carbocycles. The van der Waals surface area contributed by atoms with Crippen LogP contribution in [0.15, 0.2) is 54.6 Å². The van der Waals surface area contributed by atoms with E-state index in [-0.39, 0.29) is 30.2 Å². The molecular weight excluding hydrogens is 391 g/mol. The fourth-order valence-electron chi connectivity index (χ4n) is 3.99. The van der Waals surface area contributed by atoms with Crippen LogP contribution < -0.4 is 0 Å². The number of piperidine rings is 1. The van der Waals surface area contributed by atoms with Crippen LogP contribution in [0.4, 0.5) is 4.39 Å². The highest BCUT2D eigenvalue weighted by Crippen LogP contribution is 2.23. The van der Waals surface area contributed by atoms with Gasteiger partial charge in [-0.15, -0.1) is 12.4 Å². The van der Waals surface area contributed by atoms with Crippen LogP contribution in [-0.4, -0.2) is 53.1 Å². The molecule has 1 amide bonds. The highest BCUT2D eigenvalue weighted by Gasteiger charge is 2.28. The fraction of sp³-hybridized carbons (Fsp3) is 0.435. The number of benzene rings is 2. The van der Waals surface area contributed by atoms with E-state index in [9.17, 15) is 14.3 Å². The van der Waals surface area contributed by atoms with Gasteiger partial charge in [0.2, 0.25) is 5.91 Å². The van der Waals surface area contributed by atoms with Crippen LogP contribution in [0.5, 0.6) is 0 Å². The standard InChI is InChI=1S/C23H29FN2O2.ClH/c1-18(20-5-3-2-4-6-20)15-25-13-11-22(12-14-25)26(23(28)17-27)16-19-7-9-21(24)10-8-19;/h2-10,18,22,27H,11-17H2,1H3;1H. The molecule has 4 nitrogen and oxygen atoms in total. The molecule has 0 spiro atoms. The summed E-state index contributed by atoms with van der Waals surface area (Å²) >= 11 is 0. The van der Waals surface area contributed by atoms with Gasteiger partial charge in [0.1, 0.15) is 12.4 Å². The van der Waals surface area contributed by atoms with E-state index in [1.807, 2.05) is 6.07 Å². The quantitative estimate of drug-likeness (QED) is 0.740. The van der Waals surface area contributed by atoms with Crippen molar-refractivity contribution in [2.45, 2.75) is 38.3 Å². The summed E-state index contributed by atoms with van der Waals surface area (Å²) in [5.41, 5.74) is 2.22. The lowest BCUT2D eigenvalue weighted by Gasteiger charge is -2.39. The zero-order valence-electron chi connectivity index (χ0n) is 16.8. The molecule has 6 heteroatoms. The minimum absolute atomic E-state index is 0. The van der Waals surface area contributed by atoms with Gasteiger partial charge >= 0.3 is 0 Å². The molecular formula is C23H30ClFN2O2. The first-order valence-electron chi connectivity index (χ1n) is 9.99. The Morgan fingerprint density at radius 3 is 2.34 bits per heavy atom. The summed E-state index contributed by atoms with van der Waals surface area (Å²) in [6.45, 7) is 5.03. The summed E-state index contributed by atoms with van der Waals surface area (Å²) in [4.78, 5) is 16.5. The number of aliphatic hydroxyl groups excluding tert-OH is 1. The first-order chi connectivity index (χ1) is 13.6. The Bertz CT molecular complexity index is 749. The molecule has 0 bridgehead atoms. The number of aliphatic hydroxyl groups is 1. The summed E-state index contributed by atoms with van der Waals surface area (Å²) in [5, 5.41) is 9.39. The molecule has 0 radical (unpaired) electrons. The topological polar surface area (TPSA) is 43.8 Å². The highest BCUT2D eigenvalue weighted by molar-refractivity contribution is 5.85. The number of carbonyl (C=O) groups is 1. The van der Waals surface area contributed by atoms with E-state index in [2.05, 4.69) is 36.1 Å².